The van der Waals surface area contributed by atoms with Gasteiger partial charge in [-0.15, -0.1) is 0 Å². The van der Waals surface area contributed by atoms with E-state index in [9.17, 15) is 0 Å². The zero-order valence-corrected chi connectivity index (χ0v) is 12.7. The SMILES string of the molecule is CCOc1c(C2(CN)CCCC2)ccc(OC)c1OC. The highest BCUT2D eigenvalue weighted by molar-refractivity contribution is 5.58. The summed E-state index contributed by atoms with van der Waals surface area (Å²) < 4.78 is 16.8. The fourth-order valence-corrected chi connectivity index (χ4v) is 3.24. The fourth-order valence-electron chi connectivity index (χ4n) is 3.24. The van der Waals surface area contributed by atoms with E-state index in [0.29, 0.717) is 24.7 Å². The molecule has 1 aliphatic carbocycles. The van der Waals surface area contributed by atoms with Gasteiger partial charge in [0.2, 0.25) is 5.75 Å². The standard InChI is InChI=1S/C16H25NO3/c1-4-20-14-12(16(11-17)9-5-6-10-16)7-8-13(18-2)15(14)19-3/h7-8H,4-6,9-11,17H2,1-3H3. The Hall–Kier alpha value is -1.42. The summed E-state index contributed by atoms with van der Waals surface area (Å²) in [6.45, 7) is 3.21. The van der Waals surface area contributed by atoms with E-state index < -0.39 is 0 Å². The Balaban J connectivity index is 2.56. The van der Waals surface area contributed by atoms with Crippen LogP contribution in [0, 0.1) is 0 Å². The molecule has 1 saturated carbocycles. The molecule has 1 fully saturated rings. The Kier molecular flexibility index (Phi) is 4.76. The van der Waals surface area contributed by atoms with Gasteiger partial charge >= 0.3 is 0 Å². The summed E-state index contributed by atoms with van der Waals surface area (Å²) in [5.74, 6) is 2.16. The Bertz CT molecular complexity index is 453. The second-order valence-corrected chi connectivity index (χ2v) is 5.30. The van der Waals surface area contributed by atoms with Gasteiger partial charge in [-0.3, -0.25) is 0 Å². The van der Waals surface area contributed by atoms with Crippen molar-refractivity contribution in [2.45, 2.75) is 38.0 Å². The van der Waals surface area contributed by atoms with Crippen LogP contribution in [-0.2, 0) is 5.41 Å². The molecule has 0 amide bonds. The Morgan fingerprint density at radius 3 is 2.30 bits per heavy atom. The minimum absolute atomic E-state index is 0.0179. The average Bonchev–Trinajstić information content (AvgIpc) is 2.97. The van der Waals surface area contributed by atoms with Gasteiger partial charge in [0.15, 0.2) is 11.5 Å². The zero-order chi connectivity index (χ0) is 14.6. The molecule has 0 heterocycles. The number of rotatable bonds is 6. The molecule has 1 aromatic rings. The number of ether oxygens (including phenoxy) is 3. The van der Waals surface area contributed by atoms with Crippen LogP contribution in [0.1, 0.15) is 38.2 Å². The minimum Gasteiger partial charge on any atom is -0.493 e. The van der Waals surface area contributed by atoms with E-state index in [0.717, 1.165) is 24.2 Å². The molecule has 0 saturated heterocycles. The predicted octanol–water partition coefficient (Wildman–Crippen LogP) is 2.87. The minimum atomic E-state index is 0.0179. The molecule has 112 valence electrons. The van der Waals surface area contributed by atoms with E-state index in [1.165, 1.54) is 12.8 Å². The summed E-state index contributed by atoms with van der Waals surface area (Å²) in [7, 11) is 3.29. The molecule has 0 unspecified atom stereocenters. The number of benzene rings is 1. The first-order valence-corrected chi connectivity index (χ1v) is 7.30. The first-order valence-electron chi connectivity index (χ1n) is 7.30. The van der Waals surface area contributed by atoms with E-state index in [1.807, 2.05) is 13.0 Å². The maximum Gasteiger partial charge on any atom is 0.203 e. The van der Waals surface area contributed by atoms with Gasteiger partial charge in [0.1, 0.15) is 0 Å². The fraction of sp³-hybridized carbons (Fsp3) is 0.625. The van der Waals surface area contributed by atoms with Gasteiger partial charge in [-0.2, -0.15) is 0 Å². The van der Waals surface area contributed by atoms with Gasteiger partial charge in [0, 0.05) is 17.5 Å². The van der Waals surface area contributed by atoms with Crippen LogP contribution in [0.25, 0.3) is 0 Å². The first kappa shape index (κ1) is 15.0. The number of nitrogens with two attached hydrogens (primary N) is 1. The van der Waals surface area contributed by atoms with Crippen molar-refractivity contribution in [3.63, 3.8) is 0 Å². The third-order valence-corrected chi connectivity index (χ3v) is 4.31. The van der Waals surface area contributed by atoms with Crippen molar-refractivity contribution in [1.82, 2.24) is 0 Å². The van der Waals surface area contributed by atoms with E-state index in [1.54, 1.807) is 14.2 Å². The van der Waals surface area contributed by atoms with Crippen molar-refractivity contribution in [1.29, 1.82) is 0 Å². The molecule has 0 radical (unpaired) electrons. The maximum absolute atomic E-state index is 6.10. The van der Waals surface area contributed by atoms with Crippen molar-refractivity contribution < 1.29 is 14.2 Å². The van der Waals surface area contributed by atoms with Crippen LogP contribution in [0.5, 0.6) is 17.2 Å². The molecule has 0 atom stereocenters. The molecule has 2 rings (SSSR count). The molecule has 0 bridgehead atoms. The van der Waals surface area contributed by atoms with Crippen molar-refractivity contribution in [2.75, 3.05) is 27.4 Å². The van der Waals surface area contributed by atoms with Gasteiger partial charge in [0.05, 0.1) is 20.8 Å². The van der Waals surface area contributed by atoms with Crippen LogP contribution in [0.3, 0.4) is 0 Å². The van der Waals surface area contributed by atoms with Crippen molar-refractivity contribution >= 4 is 0 Å². The molecular formula is C16H25NO3. The van der Waals surface area contributed by atoms with Gasteiger partial charge < -0.3 is 19.9 Å². The maximum atomic E-state index is 6.10. The lowest BCUT2D eigenvalue weighted by atomic mass is 9.78. The van der Waals surface area contributed by atoms with E-state index >= 15 is 0 Å². The molecule has 1 aliphatic rings. The molecule has 2 N–H and O–H groups in total. The third kappa shape index (κ3) is 2.44. The van der Waals surface area contributed by atoms with Crippen molar-refractivity contribution in [3.05, 3.63) is 17.7 Å². The monoisotopic (exact) mass is 279 g/mol. The predicted molar refractivity (Wildman–Crippen MR) is 79.9 cm³/mol. The second kappa shape index (κ2) is 6.35. The van der Waals surface area contributed by atoms with Crippen LogP contribution in [0.2, 0.25) is 0 Å². The summed E-state index contributed by atoms with van der Waals surface area (Å²) in [5.41, 5.74) is 7.28. The topological polar surface area (TPSA) is 53.7 Å². The highest BCUT2D eigenvalue weighted by atomic mass is 16.5. The molecule has 0 aliphatic heterocycles. The first-order chi connectivity index (χ1) is 9.72. The van der Waals surface area contributed by atoms with E-state index in [-0.39, 0.29) is 5.41 Å². The van der Waals surface area contributed by atoms with Gasteiger partial charge in [-0.05, 0) is 25.8 Å². The molecule has 4 nitrogen and oxygen atoms in total. The van der Waals surface area contributed by atoms with Gasteiger partial charge in [-0.25, -0.2) is 0 Å². The van der Waals surface area contributed by atoms with Gasteiger partial charge in [0.25, 0.3) is 0 Å². The normalized spacial score (nSPS) is 17.0. The second-order valence-electron chi connectivity index (χ2n) is 5.30. The summed E-state index contributed by atoms with van der Waals surface area (Å²) >= 11 is 0. The van der Waals surface area contributed by atoms with Crippen LogP contribution in [-0.4, -0.2) is 27.4 Å². The third-order valence-electron chi connectivity index (χ3n) is 4.31. The summed E-state index contributed by atoms with van der Waals surface area (Å²) in [4.78, 5) is 0. The largest absolute Gasteiger partial charge is 0.493 e. The van der Waals surface area contributed by atoms with E-state index in [4.69, 9.17) is 19.9 Å². The lowest BCUT2D eigenvalue weighted by molar-refractivity contribution is 0.284. The van der Waals surface area contributed by atoms with Crippen molar-refractivity contribution in [3.8, 4) is 17.2 Å². The number of methoxy groups -OCH3 is 2. The quantitative estimate of drug-likeness (QED) is 0.870. The molecule has 0 spiro atoms. The lowest BCUT2D eigenvalue weighted by Gasteiger charge is -2.31. The van der Waals surface area contributed by atoms with Crippen molar-refractivity contribution in [2.24, 2.45) is 5.73 Å². The number of hydrogen-bond acceptors (Lipinski definition) is 4. The Labute approximate surface area is 121 Å². The Morgan fingerprint density at radius 2 is 1.80 bits per heavy atom. The number of hydrogen-bond donors (Lipinski definition) is 1. The average molecular weight is 279 g/mol. The highest BCUT2D eigenvalue weighted by Crippen LogP contribution is 2.49. The zero-order valence-electron chi connectivity index (χ0n) is 12.7. The summed E-state index contributed by atoms with van der Waals surface area (Å²) in [6.07, 6.45) is 4.66. The van der Waals surface area contributed by atoms with Gasteiger partial charge in [-0.1, -0.05) is 18.9 Å². The van der Waals surface area contributed by atoms with Crippen LogP contribution >= 0.6 is 0 Å². The highest BCUT2D eigenvalue weighted by Gasteiger charge is 2.38. The molecule has 1 aromatic carbocycles. The Morgan fingerprint density at radius 1 is 1.10 bits per heavy atom. The smallest absolute Gasteiger partial charge is 0.203 e. The molecule has 4 heteroatoms. The molecule has 20 heavy (non-hydrogen) atoms. The van der Waals surface area contributed by atoms with Crippen LogP contribution in [0.4, 0.5) is 0 Å². The lowest BCUT2D eigenvalue weighted by Crippen LogP contribution is -2.32. The van der Waals surface area contributed by atoms with Crippen LogP contribution in [0.15, 0.2) is 12.1 Å². The molecular weight excluding hydrogens is 254 g/mol. The molecule has 0 aromatic heterocycles. The summed E-state index contributed by atoms with van der Waals surface area (Å²) in [6, 6.07) is 4.04. The van der Waals surface area contributed by atoms with Crippen LogP contribution < -0.4 is 19.9 Å². The van der Waals surface area contributed by atoms with E-state index in [2.05, 4.69) is 6.07 Å². The summed E-state index contributed by atoms with van der Waals surface area (Å²) in [5, 5.41) is 0.